The molecule has 0 aromatic heterocycles. The van der Waals surface area contributed by atoms with Crippen molar-refractivity contribution in [2.24, 2.45) is 0 Å². The number of carbonyl (C=O) groups excluding carboxylic acids is 1. The Hall–Kier alpha value is -1.65. The first-order chi connectivity index (χ1) is 8.75. The number of anilines is 1. The van der Waals surface area contributed by atoms with Gasteiger partial charge < -0.3 is 10.6 Å². The third kappa shape index (κ3) is 4.50. The second-order valence-corrected chi connectivity index (χ2v) is 5.22. The first-order valence-corrected chi connectivity index (χ1v) is 6.29. The van der Waals surface area contributed by atoms with Crippen molar-refractivity contribution in [1.29, 1.82) is 0 Å². The predicted molar refractivity (Wildman–Crippen MR) is 72.0 cm³/mol. The van der Waals surface area contributed by atoms with Gasteiger partial charge in [-0.05, 0) is 39.3 Å². The van der Waals surface area contributed by atoms with Crippen LogP contribution in [0.5, 0.6) is 0 Å². The number of hydrogen-bond donors (Lipinski definition) is 2. The Balaban J connectivity index is 2.69. The van der Waals surface area contributed by atoms with Crippen molar-refractivity contribution >= 4 is 11.6 Å². The van der Waals surface area contributed by atoms with E-state index in [1.807, 2.05) is 20.8 Å². The number of rotatable bonds is 5. The minimum absolute atomic E-state index is 0.110. The number of nitrogens with one attached hydrogen (secondary N) is 2. The Morgan fingerprint density at radius 2 is 2.00 bits per heavy atom. The van der Waals surface area contributed by atoms with Crippen LogP contribution < -0.4 is 10.6 Å². The molecule has 0 radical (unpaired) electrons. The van der Waals surface area contributed by atoms with Crippen molar-refractivity contribution in [2.75, 3.05) is 5.32 Å². The Morgan fingerprint density at radius 1 is 1.37 bits per heavy atom. The zero-order valence-electron chi connectivity index (χ0n) is 11.7. The lowest BCUT2D eigenvalue weighted by Gasteiger charge is -2.27. The Morgan fingerprint density at radius 3 is 2.53 bits per heavy atom. The van der Waals surface area contributed by atoms with Gasteiger partial charge in [0.2, 0.25) is 5.91 Å². The van der Waals surface area contributed by atoms with Crippen molar-refractivity contribution in [1.82, 2.24) is 5.32 Å². The molecule has 1 aromatic rings. The van der Waals surface area contributed by atoms with Crippen LogP contribution >= 0.6 is 0 Å². The molecular formula is C14H20F2N2O. The molecule has 1 unspecified atom stereocenters. The van der Waals surface area contributed by atoms with Crippen LogP contribution in [0.15, 0.2) is 18.2 Å². The van der Waals surface area contributed by atoms with Crippen molar-refractivity contribution in [3.05, 3.63) is 29.8 Å². The highest BCUT2D eigenvalue weighted by molar-refractivity contribution is 5.84. The molecule has 0 bridgehead atoms. The van der Waals surface area contributed by atoms with Crippen LogP contribution in [0.3, 0.4) is 0 Å². The van der Waals surface area contributed by atoms with E-state index < -0.39 is 17.7 Å². The van der Waals surface area contributed by atoms with Gasteiger partial charge in [-0.15, -0.1) is 0 Å². The zero-order valence-corrected chi connectivity index (χ0v) is 11.7. The molecule has 1 rings (SSSR count). The molecule has 2 N–H and O–H groups in total. The van der Waals surface area contributed by atoms with Crippen LogP contribution in [0.25, 0.3) is 0 Å². The molecule has 19 heavy (non-hydrogen) atoms. The van der Waals surface area contributed by atoms with Crippen LogP contribution in [-0.2, 0) is 4.79 Å². The second kappa shape index (κ2) is 5.99. The van der Waals surface area contributed by atoms with Gasteiger partial charge in [0.25, 0.3) is 0 Å². The standard InChI is InChI=1S/C14H20F2N2O/c1-5-14(3,4)18-13(19)9(2)17-12-7-6-10(15)8-11(12)16/h6-9,17H,5H2,1-4H3,(H,18,19). The minimum Gasteiger partial charge on any atom is -0.372 e. The van der Waals surface area contributed by atoms with Gasteiger partial charge in [-0.1, -0.05) is 6.92 Å². The maximum Gasteiger partial charge on any atom is 0.242 e. The van der Waals surface area contributed by atoms with E-state index in [-0.39, 0.29) is 17.1 Å². The molecule has 0 heterocycles. The van der Waals surface area contributed by atoms with E-state index in [9.17, 15) is 13.6 Å². The second-order valence-electron chi connectivity index (χ2n) is 5.22. The predicted octanol–water partition coefficient (Wildman–Crippen LogP) is 3.07. The van der Waals surface area contributed by atoms with Crippen molar-refractivity contribution in [3.8, 4) is 0 Å². The average Bonchev–Trinajstić information content (AvgIpc) is 2.32. The molecule has 0 aliphatic heterocycles. The molecule has 0 aliphatic carbocycles. The van der Waals surface area contributed by atoms with Gasteiger partial charge in [0.15, 0.2) is 0 Å². The fourth-order valence-electron chi connectivity index (χ4n) is 1.44. The third-order valence-corrected chi connectivity index (χ3v) is 3.04. The van der Waals surface area contributed by atoms with Gasteiger partial charge in [-0.3, -0.25) is 4.79 Å². The highest BCUT2D eigenvalue weighted by Crippen LogP contribution is 2.16. The summed E-state index contributed by atoms with van der Waals surface area (Å²) in [5.41, 5.74) is -0.202. The average molecular weight is 270 g/mol. The van der Waals surface area contributed by atoms with Crippen LogP contribution in [0, 0.1) is 11.6 Å². The molecule has 0 saturated heterocycles. The summed E-state index contributed by atoms with van der Waals surface area (Å²) in [6, 6.07) is 2.60. The van der Waals surface area contributed by atoms with Gasteiger partial charge >= 0.3 is 0 Å². The van der Waals surface area contributed by atoms with Gasteiger partial charge in [-0.2, -0.15) is 0 Å². The number of amides is 1. The van der Waals surface area contributed by atoms with Crippen LogP contribution in [-0.4, -0.2) is 17.5 Å². The van der Waals surface area contributed by atoms with Crippen molar-refractivity contribution in [2.45, 2.75) is 45.7 Å². The van der Waals surface area contributed by atoms with Gasteiger partial charge in [0, 0.05) is 11.6 Å². The normalized spacial score (nSPS) is 12.9. The molecule has 0 fully saturated rings. The maximum atomic E-state index is 13.4. The summed E-state index contributed by atoms with van der Waals surface area (Å²) < 4.78 is 26.2. The Bertz CT molecular complexity index is 461. The summed E-state index contributed by atoms with van der Waals surface area (Å²) in [5, 5.41) is 5.59. The summed E-state index contributed by atoms with van der Waals surface area (Å²) >= 11 is 0. The molecule has 1 atom stereocenters. The molecule has 1 amide bonds. The third-order valence-electron chi connectivity index (χ3n) is 3.04. The quantitative estimate of drug-likeness (QED) is 0.863. The lowest BCUT2D eigenvalue weighted by molar-refractivity contribution is -0.123. The lowest BCUT2D eigenvalue weighted by Crippen LogP contribution is -2.48. The smallest absolute Gasteiger partial charge is 0.242 e. The van der Waals surface area contributed by atoms with Crippen LogP contribution in [0.1, 0.15) is 34.1 Å². The van der Waals surface area contributed by atoms with E-state index in [0.717, 1.165) is 18.6 Å². The lowest BCUT2D eigenvalue weighted by atomic mass is 10.0. The van der Waals surface area contributed by atoms with Crippen molar-refractivity contribution in [3.63, 3.8) is 0 Å². The van der Waals surface area contributed by atoms with Gasteiger partial charge in [0.1, 0.15) is 17.7 Å². The largest absolute Gasteiger partial charge is 0.372 e. The molecule has 106 valence electrons. The zero-order chi connectivity index (χ0) is 14.6. The monoisotopic (exact) mass is 270 g/mol. The van der Waals surface area contributed by atoms with Crippen LogP contribution in [0.2, 0.25) is 0 Å². The number of benzene rings is 1. The van der Waals surface area contributed by atoms with Gasteiger partial charge in [-0.25, -0.2) is 8.78 Å². The molecule has 0 aliphatic rings. The number of carbonyl (C=O) groups is 1. The van der Waals surface area contributed by atoms with E-state index >= 15 is 0 Å². The molecular weight excluding hydrogens is 250 g/mol. The Labute approximate surface area is 112 Å². The summed E-state index contributed by atoms with van der Waals surface area (Å²) in [5.74, 6) is -1.59. The molecule has 3 nitrogen and oxygen atoms in total. The number of halogens is 2. The van der Waals surface area contributed by atoms with E-state index in [0.29, 0.717) is 0 Å². The topological polar surface area (TPSA) is 41.1 Å². The van der Waals surface area contributed by atoms with Gasteiger partial charge in [0.05, 0.1) is 5.69 Å². The summed E-state index contributed by atoms with van der Waals surface area (Å²) in [6.45, 7) is 7.42. The molecule has 5 heteroatoms. The highest BCUT2D eigenvalue weighted by Gasteiger charge is 2.22. The summed E-state index contributed by atoms with van der Waals surface area (Å²) in [7, 11) is 0. The van der Waals surface area contributed by atoms with Crippen LogP contribution in [0.4, 0.5) is 14.5 Å². The SMILES string of the molecule is CCC(C)(C)NC(=O)C(C)Nc1ccc(F)cc1F. The maximum absolute atomic E-state index is 13.4. The first-order valence-electron chi connectivity index (χ1n) is 6.29. The number of hydrogen-bond acceptors (Lipinski definition) is 2. The highest BCUT2D eigenvalue weighted by atomic mass is 19.1. The van der Waals surface area contributed by atoms with E-state index in [1.165, 1.54) is 6.07 Å². The fraction of sp³-hybridized carbons (Fsp3) is 0.500. The minimum atomic E-state index is -0.714. The summed E-state index contributed by atoms with van der Waals surface area (Å²) in [6.07, 6.45) is 0.788. The van der Waals surface area contributed by atoms with E-state index in [2.05, 4.69) is 10.6 Å². The molecule has 0 saturated carbocycles. The van der Waals surface area contributed by atoms with E-state index in [4.69, 9.17) is 0 Å². The van der Waals surface area contributed by atoms with E-state index in [1.54, 1.807) is 6.92 Å². The summed E-state index contributed by atoms with van der Waals surface area (Å²) in [4.78, 5) is 11.9. The molecule has 1 aromatic carbocycles. The Kier molecular flexibility index (Phi) is 4.86. The first kappa shape index (κ1) is 15.4. The molecule has 0 spiro atoms. The van der Waals surface area contributed by atoms with Crippen molar-refractivity contribution < 1.29 is 13.6 Å². The fourth-order valence-corrected chi connectivity index (χ4v) is 1.44.